The lowest BCUT2D eigenvalue weighted by Gasteiger charge is -2.28. The molecule has 0 aliphatic carbocycles. The van der Waals surface area contributed by atoms with Crippen molar-refractivity contribution in [3.63, 3.8) is 0 Å². The van der Waals surface area contributed by atoms with E-state index in [9.17, 15) is 9.13 Å². The zero-order chi connectivity index (χ0) is 31.4. The highest BCUT2D eigenvalue weighted by molar-refractivity contribution is 8.04. The van der Waals surface area contributed by atoms with Gasteiger partial charge in [0.05, 0.1) is 20.4 Å². The third kappa shape index (κ3) is 10.8. The van der Waals surface area contributed by atoms with Crippen LogP contribution in [0.5, 0.6) is 11.5 Å². The number of benzene rings is 2. The number of nitrogens with zero attached hydrogens (tertiary/aromatic N) is 3. The van der Waals surface area contributed by atoms with E-state index in [2.05, 4.69) is 5.10 Å². The summed E-state index contributed by atoms with van der Waals surface area (Å²) in [5.74, 6) is 1.48. The molecule has 0 aliphatic heterocycles. The van der Waals surface area contributed by atoms with E-state index in [4.69, 9.17) is 39.4 Å². The zero-order valence-corrected chi connectivity index (χ0v) is 29.1. The van der Waals surface area contributed by atoms with Gasteiger partial charge in [0.1, 0.15) is 24.1 Å². The van der Waals surface area contributed by atoms with Crippen LogP contribution in [0.4, 0.5) is 0 Å². The monoisotopic (exact) mass is 662 g/mol. The minimum Gasteiger partial charge on any atom is -0.497 e. The summed E-state index contributed by atoms with van der Waals surface area (Å²) in [7, 11) is 1.97. The second-order valence-corrected chi connectivity index (χ2v) is 17.0. The molecule has 0 bridgehead atoms. The van der Waals surface area contributed by atoms with Crippen molar-refractivity contribution in [3.8, 4) is 11.5 Å². The Morgan fingerprint density at radius 2 is 1.38 bits per heavy atom. The fourth-order valence-corrected chi connectivity index (χ4v) is 7.98. The molecule has 11 nitrogen and oxygen atoms in total. The Bertz CT molecular complexity index is 1220. The molecule has 2 atom stereocenters. The maximum atomic E-state index is 12.8. The maximum Gasteiger partial charge on any atom is 0.358 e. The van der Waals surface area contributed by atoms with Gasteiger partial charge in [-0.25, -0.2) is 0 Å². The molecule has 0 saturated heterocycles. The van der Waals surface area contributed by atoms with Crippen LogP contribution >= 0.6 is 22.0 Å². The summed E-state index contributed by atoms with van der Waals surface area (Å²) in [6, 6.07) is 15.3. The van der Waals surface area contributed by atoms with E-state index in [1.54, 1.807) is 23.0 Å². The molecule has 0 fully saturated rings. The fraction of sp³-hybridized carbons (Fsp3) is 0.519. The topological polar surface area (TPSA) is 108 Å². The zero-order valence-electron chi connectivity index (χ0n) is 25.6. The highest BCUT2D eigenvalue weighted by Gasteiger charge is 2.45. The lowest BCUT2D eigenvalue weighted by Crippen LogP contribution is -2.30. The van der Waals surface area contributed by atoms with Gasteiger partial charge < -0.3 is 27.6 Å². The van der Waals surface area contributed by atoms with Crippen LogP contribution in [-0.4, -0.2) is 82.9 Å². The molecule has 0 aliphatic rings. The van der Waals surface area contributed by atoms with E-state index in [1.807, 2.05) is 69.4 Å². The van der Waals surface area contributed by atoms with E-state index in [0.29, 0.717) is 25.1 Å². The molecule has 0 radical (unpaired) electrons. The van der Waals surface area contributed by atoms with Crippen LogP contribution in [0.2, 0.25) is 0 Å². The Morgan fingerprint density at radius 1 is 0.881 bits per heavy atom. The van der Waals surface area contributed by atoms with Crippen LogP contribution < -0.4 is 9.47 Å². The van der Waals surface area contributed by atoms with E-state index in [0.717, 1.165) is 16.9 Å². The normalized spacial score (nSPS) is 14.2. The van der Waals surface area contributed by atoms with Gasteiger partial charge in [0.25, 0.3) is 5.34 Å². The first kappa shape index (κ1) is 36.5. The van der Waals surface area contributed by atoms with Crippen LogP contribution in [0.25, 0.3) is 0 Å². The molecular formula is C27H43N3O8P3S+. The fourth-order valence-electron chi connectivity index (χ4n) is 3.76. The Hall–Kier alpha value is -1.71. The standard InChI is InChI=1S/C27H43N3O8P3S/c1-9-27(2,39(42)29(3)28-20-24-12-14-25(33-4)15-13-24)38-26-16-10-23(11-17-26)18-19-30(21-40(31,34-5)35-6)22-41(32,36-7)37-8/h10-17,20H,9,18-19,21-22H2,1-8H3/q+1. The minimum atomic E-state index is -3.40. The third-order valence-corrected chi connectivity index (χ3v) is 14.1. The molecule has 0 amide bonds. The van der Waals surface area contributed by atoms with E-state index < -0.39 is 27.4 Å². The number of hydrazone groups is 1. The SMILES string of the molecule is CCC(C)(Oc1ccc(CCN(CP(=O)(OC)OC)CP(=O)(OC)OC)cc1)[P+](=S)N(C)N=Cc1ccc(OC)cc1. The van der Waals surface area contributed by atoms with E-state index >= 15 is 0 Å². The summed E-state index contributed by atoms with van der Waals surface area (Å²) < 4.78 is 59.3. The average Bonchev–Trinajstić information content (AvgIpc) is 3.02. The summed E-state index contributed by atoms with van der Waals surface area (Å²) in [6.45, 7) is 3.25. The molecule has 2 rings (SSSR count). The molecule has 0 heterocycles. The Kier molecular flexibility index (Phi) is 14.7. The first-order valence-electron chi connectivity index (χ1n) is 13.2. The van der Waals surface area contributed by atoms with Gasteiger partial charge in [-0.1, -0.05) is 19.1 Å². The number of hydrogen-bond donors (Lipinski definition) is 0. The highest BCUT2D eigenvalue weighted by atomic mass is 32.4. The molecule has 234 valence electrons. The van der Waals surface area contributed by atoms with Gasteiger partial charge in [0, 0.05) is 48.3 Å². The summed E-state index contributed by atoms with van der Waals surface area (Å²) in [6.07, 6.45) is 2.90. The van der Waals surface area contributed by atoms with Crippen molar-refractivity contribution in [1.82, 2.24) is 9.68 Å². The molecular weight excluding hydrogens is 619 g/mol. The number of hydrogen-bond acceptors (Lipinski definition) is 11. The summed E-state index contributed by atoms with van der Waals surface area (Å²) in [5, 5.41) is 3.94. The largest absolute Gasteiger partial charge is 0.497 e. The summed E-state index contributed by atoms with van der Waals surface area (Å²) in [4.78, 5) is 1.70. The van der Waals surface area contributed by atoms with Crippen LogP contribution in [0, 0.1) is 0 Å². The van der Waals surface area contributed by atoms with Crippen molar-refractivity contribution < 1.29 is 36.7 Å². The minimum absolute atomic E-state index is 0.0659. The molecule has 0 saturated carbocycles. The average molecular weight is 663 g/mol. The van der Waals surface area contributed by atoms with Crippen LogP contribution in [0.3, 0.4) is 0 Å². The van der Waals surface area contributed by atoms with Gasteiger partial charge in [0.15, 0.2) is 11.8 Å². The Labute approximate surface area is 256 Å². The smallest absolute Gasteiger partial charge is 0.358 e. The van der Waals surface area contributed by atoms with Crippen LogP contribution in [0.15, 0.2) is 53.6 Å². The summed E-state index contributed by atoms with van der Waals surface area (Å²) in [5.41, 5.74) is 1.94. The van der Waals surface area contributed by atoms with Gasteiger partial charge in [-0.2, -0.15) is 0 Å². The predicted molar refractivity (Wildman–Crippen MR) is 172 cm³/mol. The molecule has 2 aromatic rings. The van der Waals surface area contributed by atoms with Crippen LogP contribution in [-0.2, 0) is 45.5 Å². The molecule has 0 spiro atoms. The van der Waals surface area contributed by atoms with Crippen molar-refractivity contribution in [1.29, 1.82) is 0 Å². The Morgan fingerprint density at radius 3 is 1.83 bits per heavy atom. The highest BCUT2D eigenvalue weighted by Crippen LogP contribution is 2.51. The van der Waals surface area contributed by atoms with Crippen molar-refractivity contribution in [3.05, 3.63) is 59.7 Å². The maximum absolute atomic E-state index is 12.8. The van der Waals surface area contributed by atoms with Gasteiger partial charge in [-0.05, 0) is 53.9 Å². The van der Waals surface area contributed by atoms with Crippen molar-refractivity contribution in [2.24, 2.45) is 5.10 Å². The number of ether oxygens (including phenoxy) is 2. The molecule has 0 N–H and O–H groups in total. The Balaban J connectivity index is 2.08. The third-order valence-electron chi connectivity index (χ3n) is 6.65. The number of rotatable bonds is 19. The predicted octanol–water partition coefficient (Wildman–Crippen LogP) is 6.76. The molecule has 2 aromatic carbocycles. The molecule has 2 unspecified atom stereocenters. The van der Waals surface area contributed by atoms with Gasteiger partial charge >= 0.3 is 22.0 Å². The quantitative estimate of drug-likeness (QED) is 0.0905. The lowest BCUT2D eigenvalue weighted by molar-refractivity contribution is 0.171. The van der Waals surface area contributed by atoms with Crippen molar-refractivity contribution >= 4 is 40.1 Å². The molecule has 15 heteroatoms. The molecule has 0 aromatic heterocycles. The second-order valence-electron chi connectivity index (χ2n) is 9.43. The first-order valence-corrected chi connectivity index (χ1v) is 19.0. The second kappa shape index (κ2) is 17.0. The number of methoxy groups -OCH3 is 1. The first-order chi connectivity index (χ1) is 19.9. The van der Waals surface area contributed by atoms with Crippen molar-refractivity contribution in [2.45, 2.75) is 32.0 Å². The van der Waals surface area contributed by atoms with Crippen molar-refractivity contribution in [2.75, 3.05) is 61.7 Å². The van der Waals surface area contributed by atoms with Crippen LogP contribution in [0.1, 0.15) is 31.4 Å². The van der Waals surface area contributed by atoms with Gasteiger partial charge in [0.2, 0.25) is 0 Å². The van der Waals surface area contributed by atoms with Gasteiger partial charge in [-0.3, -0.25) is 14.0 Å². The lowest BCUT2D eigenvalue weighted by atomic mass is 10.1. The molecule has 42 heavy (non-hydrogen) atoms. The van der Waals surface area contributed by atoms with E-state index in [-0.39, 0.29) is 12.6 Å². The summed E-state index contributed by atoms with van der Waals surface area (Å²) >= 11 is 5.91. The van der Waals surface area contributed by atoms with Gasteiger partial charge in [-0.15, -0.1) is 9.88 Å². The van der Waals surface area contributed by atoms with E-state index in [1.165, 1.54) is 28.4 Å².